The van der Waals surface area contributed by atoms with Gasteiger partial charge in [-0.1, -0.05) is 0 Å². The number of hydrogen-bond donors (Lipinski definition) is 2. The Balaban J connectivity index is 1.66. The summed E-state index contributed by atoms with van der Waals surface area (Å²) in [6.45, 7) is 5.84. The Morgan fingerprint density at radius 3 is 3.00 bits per heavy atom. The molecule has 0 spiro atoms. The number of rotatable bonds is 5. The minimum Gasteiger partial charge on any atom is -0.378 e. The molecule has 1 aliphatic rings. The van der Waals surface area contributed by atoms with E-state index in [1.165, 1.54) is 5.56 Å². The van der Waals surface area contributed by atoms with Crippen LogP contribution >= 0.6 is 0 Å². The van der Waals surface area contributed by atoms with Gasteiger partial charge in [-0.3, -0.25) is 5.10 Å². The Kier molecular flexibility index (Phi) is 3.38. The zero-order chi connectivity index (χ0) is 10.7. The lowest BCUT2D eigenvalue weighted by atomic mass is 9.89. The first-order valence-corrected chi connectivity index (χ1v) is 5.63. The predicted molar refractivity (Wildman–Crippen MR) is 58.6 cm³/mol. The molecule has 0 unspecified atom stereocenters. The van der Waals surface area contributed by atoms with Crippen LogP contribution in [0.1, 0.15) is 31.0 Å². The van der Waals surface area contributed by atoms with E-state index in [1.807, 2.05) is 13.1 Å². The van der Waals surface area contributed by atoms with Crippen molar-refractivity contribution in [2.24, 2.45) is 0 Å². The number of ether oxygens (including phenoxy) is 1. The summed E-state index contributed by atoms with van der Waals surface area (Å²) < 4.78 is 5.51. The van der Waals surface area contributed by atoms with Gasteiger partial charge in [0.25, 0.3) is 0 Å². The summed E-state index contributed by atoms with van der Waals surface area (Å²) in [5.74, 6) is 0. The second-order valence-electron chi connectivity index (χ2n) is 4.15. The summed E-state index contributed by atoms with van der Waals surface area (Å²) >= 11 is 0. The molecule has 1 heterocycles. The van der Waals surface area contributed by atoms with E-state index in [-0.39, 0.29) is 0 Å². The van der Waals surface area contributed by atoms with Gasteiger partial charge in [0.2, 0.25) is 0 Å². The first-order chi connectivity index (χ1) is 7.29. The summed E-state index contributed by atoms with van der Waals surface area (Å²) in [7, 11) is 0. The molecular formula is C11H19N3O. The summed E-state index contributed by atoms with van der Waals surface area (Å²) in [5.41, 5.74) is 2.41. The van der Waals surface area contributed by atoms with Crippen LogP contribution in [0.3, 0.4) is 0 Å². The monoisotopic (exact) mass is 209 g/mol. The molecule has 1 aromatic rings. The van der Waals surface area contributed by atoms with Crippen molar-refractivity contribution in [3.05, 3.63) is 17.5 Å². The average molecular weight is 209 g/mol. The lowest BCUT2D eigenvalue weighted by molar-refractivity contribution is -0.0102. The smallest absolute Gasteiger partial charge is 0.0604 e. The Hall–Kier alpha value is -0.870. The average Bonchev–Trinajstić information content (AvgIpc) is 2.55. The summed E-state index contributed by atoms with van der Waals surface area (Å²) in [4.78, 5) is 0. The number of nitrogens with one attached hydrogen (secondary N) is 2. The van der Waals surface area contributed by atoms with Crippen LogP contribution in [0.15, 0.2) is 6.20 Å². The Morgan fingerprint density at radius 2 is 2.40 bits per heavy atom. The maximum atomic E-state index is 5.51. The maximum Gasteiger partial charge on any atom is 0.0604 e. The van der Waals surface area contributed by atoms with E-state index in [0.717, 1.165) is 31.7 Å². The van der Waals surface area contributed by atoms with Crippen molar-refractivity contribution in [1.29, 1.82) is 0 Å². The molecule has 0 saturated heterocycles. The quantitative estimate of drug-likeness (QED) is 0.770. The zero-order valence-electron chi connectivity index (χ0n) is 9.42. The van der Waals surface area contributed by atoms with Gasteiger partial charge < -0.3 is 10.1 Å². The molecule has 84 valence electrons. The number of aryl methyl sites for hydroxylation is 1. The van der Waals surface area contributed by atoms with E-state index in [1.54, 1.807) is 0 Å². The molecule has 1 aliphatic carbocycles. The van der Waals surface area contributed by atoms with Crippen LogP contribution in [-0.4, -0.2) is 29.0 Å². The second-order valence-corrected chi connectivity index (χ2v) is 4.15. The van der Waals surface area contributed by atoms with Crippen LogP contribution in [0.4, 0.5) is 0 Å². The van der Waals surface area contributed by atoms with Gasteiger partial charge in [0.1, 0.15) is 0 Å². The van der Waals surface area contributed by atoms with Gasteiger partial charge in [-0.15, -0.1) is 0 Å². The minimum absolute atomic E-state index is 0.484. The van der Waals surface area contributed by atoms with Crippen molar-refractivity contribution in [2.75, 3.05) is 6.61 Å². The largest absolute Gasteiger partial charge is 0.378 e. The highest BCUT2D eigenvalue weighted by atomic mass is 16.5. The van der Waals surface area contributed by atoms with Gasteiger partial charge in [-0.2, -0.15) is 5.10 Å². The first-order valence-electron chi connectivity index (χ1n) is 5.63. The summed E-state index contributed by atoms with van der Waals surface area (Å²) in [5, 5.41) is 10.5. The van der Waals surface area contributed by atoms with Gasteiger partial charge >= 0.3 is 0 Å². The molecule has 1 saturated carbocycles. The molecule has 4 nitrogen and oxygen atoms in total. The number of hydrogen-bond acceptors (Lipinski definition) is 3. The highest BCUT2D eigenvalue weighted by Gasteiger charge is 2.28. The first kappa shape index (κ1) is 10.6. The van der Waals surface area contributed by atoms with Crippen LogP contribution in [0.25, 0.3) is 0 Å². The van der Waals surface area contributed by atoms with E-state index in [2.05, 4.69) is 22.4 Å². The van der Waals surface area contributed by atoms with Crippen LogP contribution in [0, 0.1) is 6.92 Å². The van der Waals surface area contributed by atoms with Crippen molar-refractivity contribution in [3.8, 4) is 0 Å². The molecule has 4 heteroatoms. The minimum atomic E-state index is 0.484. The number of aromatic amines is 1. The van der Waals surface area contributed by atoms with Crippen LogP contribution in [0.5, 0.6) is 0 Å². The van der Waals surface area contributed by atoms with Crippen molar-refractivity contribution in [3.63, 3.8) is 0 Å². The van der Waals surface area contributed by atoms with Crippen molar-refractivity contribution in [2.45, 2.75) is 45.4 Å². The third kappa shape index (κ3) is 2.58. The van der Waals surface area contributed by atoms with E-state index in [4.69, 9.17) is 4.74 Å². The zero-order valence-corrected chi connectivity index (χ0v) is 9.42. The topological polar surface area (TPSA) is 49.9 Å². The number of aromatic nitrogens is 2. The second kappa shape index (κ2) is 4.77. The van der Waals surface area contributed by atoms with Crippen LogP contribution < -0.4 is 5.32 Å². The van der Waals surface area contributed by atoms with Crippen molar-refractivity contribution in [1.82, 2.24) is 15.5 Å². The van der Waals surface area contributed by atoms with Gasteiger partial charge in [-0.05, 0) is 26.7 Å². The lowest BCUT2D eigenvalue weighted by Crippen LogP contribution is -2.45. The molecule has 0 aromatic carbocycles. The molecule has 0 aliphatic heterocycles. The Labute approximate surface area is 90.4 Å². The van der Waals surface area contributed by atoms with Gasteiger partial charge in [0.15, 0.2) is 0 Å². The normalized spacial score (nSPS) is 25.2. The SMILES string of the molecule is CCOC1CC(NCc2cn[nH]c2C)C1. The molecular weight excluding hydrogens is 190 g/mol. The lowest BCUT2D eigenvalue weighted by Gasteiger charge is -2.35. The van der Waals surface area contributed by atoms with E-state index in [0.29, 0.717) is 12.1 Å². The predicted octanol–water partition coefficient (Wildman–Crippen LogP) is 1.38. The van der Waals surface area contributed by atoms with Crippen LogP contribution in [-0.2, 0) is 11.3 Å². The molecule has 2 rings (SSSR count). The van der Waals surface area contributed by atoms with Gasteiger partial charge in [0, 0.05) is 30.5 Å². The fourth-order valence-electron chi connectivity index (χ4n) is 1.91. The van der Waals surface area contributed by atoms with E-state index in [9.17, 15) is 0 Å². The standard InChI is InChI=1S/C11H19N3O/c1-3-15-11-4-10(5-11)12-6-9-7-13-14-8(9)2/h7,10-12H,3-6H2,1-2H3,(H,13,14). The third-order valence-corrected chi connectivity index (χ3v) is 3.01. The molecule has 0 radical (unpaired) electrons. The maximum absolute atomic E-state index is 5.51. The number of nitrogens with zero attached hydrogens (tertiary/aromatic N) is 1. The molecule has 1 fully saturated rings. The number of H-pyrrole nitrogens is 1. The molecule has 2 N–H and O–H groups in total. The van der Waals surface area contributed by atoms with Gasteiger partial charge in [-0.25, -0.2) is 0 Å². The highest BCUT2D eigenvalue weighted by molar-refractivity contribution is 5.14. The fraction of sp³-hybridized carbons (Fsp3) is 0.727. The highest BCUT2D eigenvalue weighted by Crippen LogP contribution is 2.23. The molecule has 0 atom stereocenters. The Morgan fingerprint density at radius 1 is 1.60 bits per heavy atom. The van der Waals surface area contributed by atoms with Crippen molar-refractivity contribution >= 4 is 0 Å². The fourth-order valence-corrected chi connectivity index (χ4v) is 1.91. The molecule has 1 aromatic heterocycles. The molecule has 15 heavy (non-hydrogen) atoms. The van der Waals surface area contributed by atoms with E-state index < -0.39 is 0 Å². The third-order valence-electron chi connectivity index (χ3n) is 3.01. The van der Waals surface area contributed by atoms with Crippen LogP contribution in [0.2, 0.25) is 0 Å². The Bertz CT molecular complexity index is 305. The summed E-state index contributed by atoms with van der Waals surface area (Å²) in [6.07, 6.45) is 4.66. The van der Waals surface area contributed by atoms with Gasteiger partial charge in [0.05, 0.1) is 12.3 Å². The molecule has 0 amide bonds. The van der Waals surface area contributed by atoms with E-state index >= 15 is 0 Å². The van der Waals surface area contributed by atoms with Crippen molar-refractivity contribution < 1.29 is 4.74 Å². The summed E-state index contributed by atoms with van der Waals surface area (Å²) in [6, 6.07) is 0.621. The molecule has 0 bridgehead atoms.